The minimum absolute atomic E-state index is 0.171. The highest BCUT2D eigenvalue weighted by Crippen LogP contribution is 1.89. The Morgan fingerprint density at radius 2 is 1.86 bits per heavy atom. The molecule has 44 valence electrons. The van der Waals surface area contributed by atoms with Crippen molar-refractivity contribution in [1.29, 1.82) is 0 Å². The van der Waals surface area contributed by atoms with Crippen molar-refractivity contribution in [2.45, 2.75) is 6.92 Å². The van der Waals surface area contributed by atoms with Gasteiger partial charge in [-0.2, -0.15) is 0 Å². The van der Waals surface area contributed by atoms with Crippen LogP contribution >= 0.6 is 53.2 Å². The lowest BCUT2D eigenvalue weighted by Gasteiger charge is -1.69. The highest BCUT2D eigenvalue weighted by atomic mass is 128. The highest BCUT2D eigenvalue weighted by molar-refractivity contribution is 15.0. The minimum atomic E-state index is 0.171. The summed E-state index contributed by atoms with van der Waals surface area (Å²) in [5.41, 5.74) is 0. The zero-order chi connectivity index (χ0) is 6.28. The van der Waals surface area contributed by atoms with Crippen LogP contribution in [-0.2, 0) is 4.79 Å². The molecule has 0 aromatic heterocycles. The molecule has 0 saturated carbocycles. The number of rotatable bonds is 1. The number of Topliss-reactive ketones (excluding diaryl/α,β-unsaturated/α-hetero) is 1. The Kier molecular flexibility index (Phi) is 17.2. The van der Waals surface area contributed by atoms with Gasteiger partial charge in [-0.15, -0.1) is 0 Å². The van der Waals surface area contributed by atoms with E-state index < -0.39 is 0 Å². The first-order valence-corrected chi connectivity index (χ1v) is 8.87. The van der Waals surface area contributed by atoms with Crippen LogP contribution in [0.5, 0.6) is 0 Å². The Bertz CT molecular complexity index is 48.2. The molecule has 0 aromatic carbocycles. The molecule has 7 heavy (non-hydrogen) atoms. The van der Waals surface area contributed by atoms with Crippen molar-refractivity contribution in [3.8, 4) is 0 Å². The van der Waals surface area contributed by atoms with E-state index in [0.717, 1.165) is 0 Å². The number of halogens is 3. The number of carbonyl (C=O) groups is 1. The van der Waals surface area contributed by atoms with E-state index in [9.17, 15) is 4.79 Å². The normalized spacial score (nSPS) is 6.29. The molecule has 0 aliphatic rings. The largest absolute Gasteiger partial charge is 0.299 e. The van der Waals surface area contributed by atoms with Gasteiger partial charge in [-0.1, -0.05) is 15.9 Å². The average Bonchev–Trinajstić information content (AvgIpc) is 1.73. The first kappa shape index (κ1) is 11.4. The second kappa shape index (κ2) is 10.6. The molecule has 0 heterocycles. The van der Waals surface area contributed by atoms with Gasteiger partial charge >= 0.3 is 0 Å². The molecule has 0 rings (SSSR count). The van der Waals surface area contributed by atoms with Crippen molar-refractivity contribution in [1.82, 2.24) is 0 Å². The molecule has 0 aromatic rings. The molecule has 0 unspecified atom stereocenters. The highest BCUT2D eigenvalue weighted by Gasteiger charge is 1.78. The van der Waals surface area contributed by atoms with Gasteiger partial charge in [0.2, 0.25) is 0 Å². The maximum Gasteiger partial charge on any atom is 0.140 e. The summed E-state index contributed by atoms with van der Waals surface area (Å²) in [6, 6.07) is 0. The van der Waals surface area contributed by atoms with E-state index >= 15 is 0 Å². The number of carbonyl (C=O) groups excluding carboxylic acids is 1. The van der Waals surface area contributed by atoms with Crippen LogP contribution in [-0.4, -0.2) is 11.1 Å². The Labute approximate surface area is 75.1 Å². The SMILES string of the molecule is CC(=O)CBr.II. The van der Waals surface area contributed by atoms with E-state index in [4.69, 9.17) is 0 Å². The Morgan fingerprint density at radius 3 is 1.86 bits per heavy atom. The van der Waals surface area contributed by atoms with Gasteiger partial charge in [0.15, 0.2) is 0 Å². The number of alkyl halides is 1. The quantitative estimate of drug-likeness (QED) is 0.497. The molecule has 0 bridgehead atoms. The second-order valence-corrected chi connectivity index (χ2v) is 1.40. The van der Waals surface area contributed by atoms with Gasteiger partial charge in [0.1, 0.15) is 5.78 Å². The van der Waals surface area contributed by atoms with Crippen LogP contribution in [0.1, 0.15) is 6.92 Å². The Morgan fingerprint density at radius 1 is 1.71 bits per heavy atom. The first-order valence-electron chi connectivity index (χ1n) is 1.47. The van der Waals surface area contributed by atoms with E-state index in [1.54, 1.807) is 0 Å². The van der Waals surface area contributed by atoms with Crippen LogP contribution < -0.4 is 0 Å². The van der Waals surface area contributed by atoms with Crippen molar-refractivity contribution in [3.63, 3.8) is 0 Å². The van der Waals surface area contributed by atoms with Crippen LogP contribution in [0.25, 0.3) is 0 Å². The molecule has 0 atom stereocenters. The number of ketones is 1. The maximum atomic E-state index is 9.77. The fraction of sp³-hybridized carbons (Fsp3) is 0.667. The van der Waals surface area contributed by atoms with Gasteiger partial charge in [0.05, 0.1) is 5.33 Å². The van der Waals surface area contributed by atoms with Crippen molar-refractivity contribution in [3.05, 3.63) is 0 Å². The Balaban J connectivity index is 0. The van der Waals surface area contributed by atoms with Gasteiger partial charge in [-0.05, 0) is 6.92 Å². The number of hydrogen-bond acceptors (Lipinski definition) is 1. The standard InChI is InChI=1S/C3H5BrO.I2/c1-3(5)2-4;1-2/h2H2,1H3;. The predicted molar refractivity (Wildman–Crippen MR) is 52.5 cm³/mol. The molecule has 0 spiro atoms. The third-order valence-corrected chi connectivity index (χ3v) is 0.978. The van der Waals surface area contributed by atoms with Crippen LogP contribution in [0.15, 0.2) is 0 Å². The average molecular weight is 391 g/mol. The molecule has 4 heteroatoms. The van der Waals surface area contributed by atoms with Crippen LogP contribution in [0.2, 0.25) is 0 Å². The second-order valence-electron chi connectivity index (χ2n) is 0.836. The smallest absolute Gasteiger partial charge is 0.140 e. The zero-order valence-electron chi connectivity index (χ0n) is 3.75. The summed E-state index contributed by atoms with van der Waals surface area (Å²) in [5.74, 6) is 0.171. The minimum Gasteiger partial charge on any atom is -0.299 e. The van der Waals surface area contributed by atoms with Gasteiger partial charge in [0.25, 0.3) is 0 Å². The zero-order valence-corrected chi connectivity index (χ0v) is 9.65. The monoisotopic (exact) mass is 390 g/mol. The summed E-state index contributed by atoms with van der Waals surface area (Å²) in [4.78, 5) is 9.77. The molecule has 0 aliphatic heterocycles. The molecule has 1 nitrogen and oxygen atoms in total. The lowest BCUT2D eigenvalue weighted by atomic mass is 10.5. The van der Waals surface area contributed by atoms with Crippen LogP contribution in [0.3, 0.4) is 0 Å². The van der Waals surface area contributed by atoms with E-state index in [-0.39, 0.29) is 5.78 Å². The molecule has 0 amide bonds. The molecule has 0 aliphatic carbocycles. The topological polar surface area (TPSA) is 17.1 Å². The van der Waals surface area contributed by atoms with Gasteiger partial charge in [-0.25, -0.2) is 0 Å². The molecule has 0 saturated heterocycles. The summed E-state index contributed by atoms with van der Waals surface area (Å²) >= 11 is 7.20. The fourth-order valence-electron chi connectivity index (χ4n) is 0. The van der Waals surface area contributed by atoms with Gasteiger partial charge in [0, 0.05) is 37.2 Å². The maximum absolute atomic E-state index is 9.77. The fourth-order valence-corrected chi connectivity index (χ4v) is 0. The van der Waals surface area contributed by atoms with Crippen molar-refractivity contribution in [2.24, 2.45) is 0 Å². The molecule has 0 radical (unpaired) electrons. The van der Waals surface area contributed by atoms with Crippen molar-refractivity contribution >= 4 is 58.9 Å². The lowest BCUT2D eigenvalue weighted by Crippen LogP contribution is -1.85. The first-order chi connectivity index (χ1) is 3.27. The predicted octanol–water partition coefficient (Wildman–Crippen LogP) is 2.74. The van der Waals surface area contributed by atoms with Crippen LogP contribution in [0.4, 0.5) is 0 Å². The van der Waals surface area contributed by atoms with Gasteiger partial charge in [-0.3, -0.25) is 4.79 Å². The van der Waals surface area contributed by atoms with E-state index in [0.29, 0.717) is 5.33 Å². The summed E-state index contributed by atoms with van der Waals surface area (Å²) in [5, 5.41) is 0.479. The van der Waals surface area contributed by atoms with Crippen molar-refractivity contribution < 1.29 is 4.79 Å². The summed E-state index contributed by atoms with van der Waals surface area (Å²) < 4.78 is 0. The van der Waals surface area contributed by atoms with Crippen LogP contribution in [0, 0.1) is 0 Å². The van der Waals surface area contributed by atoms with Crippen molar-refractivity contribution in [2.75, 3.05) is 5.33 Å². The molecular formula is C3H5BrI2O. The Hall–Kier alpha value is 1.61. The molecule has 0 N–H and O–H groups in total. The third-order valence-electron chi connectivity index (χ3n) is 0.188. The molecular weight excluding hydrogens is 386 g/mol. The summed E-state index contributed by atoms with van der Waals surface area (Å²) in [6.45, 7) is 1.54. The third kappa shape index (κ3) is 18.4. The lowest BCUT2D eigenvalue weighted by molar-refractivity contribution is -0.114. The number of hydrogen-bond donors (Lipinski definition) is 0. The summed E-state index contributed by atoms with van der Waals surface area (Å²) in [7, 11) is 0. The summed E-state index contributed by atoms with van der Waals surface area (Å²) in [6.07, 6.45) is 0. The molecule has 0 fully saturated rings. The van der Waals surface area contributed by atoms with E-state index in [2.05, 4.69) is 53.2 Å². The van der Waals surface area contributed by atoms with Gasteiger partial charge < -0.3 is 0 Å². The van der Waals surface area contributed by atoms with E-state index in [1.807, 2.05) is 0 Å². The van der Waals surface area contributed by atoms with E-state index in [1.165, 1.54) is 6.92 Å².